The number of hydrogen-bond acceptors (Lipinski definition) is 11. The lowest BCUT2D eigenvalue weighted by Crippen LogP contribution is -2.24. The number of methoxy groups -OCH3 is 2. The minimum absolute atomic E-state index is 0.0345. The molecule has 0 atom stereocenters. The fourth-order valence-electron chi connectivity index (χ4n) is 4.19. The van der Waals surface area contributed by atoms with Crippen molar-refractivity contribution in [1.82, 2.24) is 24.4 Å². The molecule has 3 N–H and O–H groups in total. The Bertz CT molecular complexity index is 1620. The minimum atomic E-state index is -4.15. The van der Waals surface area contributed by atoms with E-state index in [0.29, 0.717) is 52.8 Å². The molecular weight excluding hydrogens is 562 g/mol. The van der Waals surface area contributed by atoms with Crippen molar-refractivity contribution in [1.29, 1.82) is 0 Å². The zero-order valence-corrected chi connectivity index (χ0v) is 25.2. The summed E-state index contributed by atoms with van der Waals surface area (Å²) in [6.07, 6.45) is 1.87. The fraction of sp³-hybridized carbons (Fsp3) is 0.393. The molecule has 0 spiro atoms. The molecule has 4 rings (SSSR count). The second-order valence-electron chi connectivity index (χ2n) is 9.34. The van der Waals surface area contributed by atoms with Crippen LogP contribution in [0.4, 0.5) is 17.3 Å². The van der Waals surface area contributed by atoms with E-state index < -0.39 is 10.0 Å². The predicted molar refractivity (Wildman–Crippen MR) is 160 cm³/mol. The third-order valence-corrected chi connectivity index (χ3v) is 7.78. The quantitative estimate of drug-likeness (QED) is 0.172. The Balaban J connectivity index is 1.76. The van der Waals surface area contributed by atoms with E-state index in [4.69, 9.17) is 14.2 Å². The molecule has 42 heavy (non-hydrogen) atoms. The summed E-state index contributed by atoms with van der Waals surface area (Å²) in [6.45, 7) is 6.38. The molecule has 0 unspecified atom stereocenters. The van der Waals surface area contributed by atoms with Gasteiger partial charge in [0.05, 0.1) is 44.1 Å². The monoisotopic (exact) mass is 599 g/mol. The van der Waals surface area contributed by atoms with Crippen LogP contribution in [0.5, 0.6) is 17.2 Å². The summed E-state index contributed by atoms with van der Waals surface area (Å²) < 4.78 is 48.3. The summed E-state index contributed by atoms with van der Waals surface area (Å²) in [7, 11) is 0.623. The number of aliphatic hydroxyl groups is 1. The van der Waals surface area contributed by atoms with Gasteiger partial charge in [0.15, 0.2) is 28.2 Å². The molecule has 0 amide bonds. The van der Waals surface area contributed by atoms with Gasteiger partial charge in [-0.3, -0.25) is 9.62 Å². The van der Waals surface area contributed by atoms with Crippen LogP contribution in [-0.2, 0) is 23.6 Å². The van der Waals surface area contributed by atoms with Crippen molar-refractivity contribution in [3.05, 3.63) is 48.4 Å². The highest BCUT2D eigenvalue weighted by Gasteiger charge is 2.24. The molecule has 0 saturated heterocycles. The van der Waals surface area contributed by atoms with Gasteiger partial charge in [-0.15, -0.1) is 0 Å². The van der Waals surface area contributed by atoms with Gasteiger partial charge in [0.25, 0.3) is 10.0 Å². The molecule has 14 heteroatoms. The summed E-state index contributed by atoms with van der Waals surface area (Å²) in [5, 5.41) is 12.3. The molecule has 2 heterocycles. The summed E-state index contributed by atoms with van der Waals surface area (Å²) in [5.41, 5.74) is 1.43. The van der Waals surface area contributed by atoms with Gasteiger partial charge in [0.2, 0.25) is 0 Å². The number of anilines is 3. The molecule has 0 saturated carbocycles. The molecule has 0 aliphatic carbocycles. The molecule has 4 aromatic rings. The topological polar surface area (TPSA) is 153 Å². The van der Waals surface area contributed by atoms with Gasteiger partial charge < -0.3 is 29.2 Å². The molecule has 0 bridgehead atoms. The maximum atomic E-state index is 13.6. The van der Waals surface area contributed by atoms with E-state index in [9.17, 15) is 13.5 Å². The van der Waals surface area contributed by atoms with Crippen molar-refractivity contribution in [3.63, 3.8) is 0 Å². The smallest absolute Gasteiger partial charge is 0.282 e. The van der Waals surface area contributed by atoms with Gasteiger partial charge in [-0.05, 0) is 25.2 Å². The molecular formula is C28H37N7O6S. The van der Waals surface area contributed by atoms with Crippen LogP contribution in [0.25, 0.3) is 11.0 Å². The Hall–Kier alpha value is -4.14. The number of fused-ring (bicyclic) bond motifs is 1. The summed E-state index contributed by atoms with van der Waals surface area (Å²) in [6, 6.07) is 10.4. The number of hydrogen-bond donors (Lipinski definition) is 3. The van der Waals surface area contributed by atoms with Crippen molar-refractivity contribution in [2.75, 3.05) is 50.6 Å². The molecule has 226 valence electrons. The van der Waals surface area contributed by atoms with Crippen molar-refractivity contribution in [2.24, 2.45) is 7.05 Å². The van der Waals surface area contributed by atoms with Gasteiger partial charge in [-0.2, -0.15) is 8.42 Å². The number of ether oxygens (including phenoxy) is 3. The number of nitrogens with zero attached hydrogens (tertiary/aromatic N) is 5. The van der Waals surface area contributed by atoms with Gasteiger partial charge in [0.1, 0.15) is 11.6 Å². The normalized spacial score (nSPS) is 11.6. The van der Waals surface area contributed by atoms with E-state index in [1.807, 2.05) is 19.9 Å². The van der Waals surface area contributed by atoms with Crippen molar-refractivity contribution in [2.45, 2.75) is 31.8 Å². The zero-order chi connectivity index (χ0) is 30.3. The van der Waals surface area contributed by atoms with Crippen LogP contribution in [0.3, 0.4) is 0 Å². The molecule has 0 aliphatic heterocycles. The Kier molecular flexibility index (Phi) is 10.0. The van der Waals surface area contributed by atoms with Gasteiger partial charge in [-0.1, -0.05) is 26.0 Å². The summed E-state index contributed by atoms with van der Waals surface area (Å²) >= 11 is 0. The van der Waals surface area contributed by atoms with E-state index in [1.54, 1.807) is 41.9 Å². The van der Waals surface area contributed by atoms with Crippen LogP contribution in [0.15, 0.2) is 47.6 Å². The second kappa shape index (κ2) is 13.7. The number of imidazole rings is 1. The number of aliphatic hydroxyl groups excluding tert-OH is 1. The lowest BCUT2D eigenvalue weighted by molar-refractivity contribution is 0.228. The molecule has 2 aromatic heterocycles. The fourth-order valence-corrected chi connectivity index (χ4v) is 5.21. The first-order valence-electron chi connectivity index (χ1n) is 13.5. The maximum absolute atomic E-state index is 13.6. The van der Waals surface area contributed by atoms with Gasteiger partial charge in [0, 0.05) is 38.4 Å². The van der Waals surface area contributed by atoms with Crippen LogP contribution < -0.4 is 24.2 Å². The Morgan fingerprint density at radius 3 is 2.31 bits per heavy atom. The number of aryl methyl sites for hydroxylation is 1. The number of nitrogens with one attached hydrogen (secondary N) is 2. The number of aromatic nitrogens is 4. The van der Waals surface area contributed by atoms with E-state index in [0.717, 1.165) is 13.1 Å². The van der Waals surface area contributed by atoms with Crippen molar-refractivity contribution < 1.29 is 27.7 Å². The van der Waals surface area contributed by atoms with E-state index in [-0.39, 0.29) is 29.9 Å². The molecule has 13 nitrogen and oxygen atoms in total. The molecule has 0 fully saturated rings. The predicted octanol–water partition coefficient (Wildman–Crippen LogP) is 3.53. The lowest BCUT2D eigenvalue weighted by atomic mass is 10.2. The minimum Gasteiger partial charge on any atom is -0.497 e. The van der Waals surface area contributed by atoms with Crippen LogP contribution in [-0.4, -0.2) is 78.5 Å². The first-order valence-corrected chi connectivity index (χ1v) is 15.0. The average Bonchev–Trinajstić information content (AvgIpc) is 3.37. The van der Waals surface area contributed by atoms with Crippen LogP contribution in [0.1, 0.15) is 26.1 Å². The standard InChI is InChI=1S/C28H37N7O6S/c1-6-35(7-2)17-24-32-25(18-34(24)3)42(37,38)33-28-27(29-20-11-8-9-12-21(20)30-28)31-22-15-19(39-4)16-23(40-5)26(22)41-14-10-13-36/h8-9,11-12,15-16,18,36H,6-7,10,13-14,17H2,1-5H3,(H,29,31)(H,30,33). The van der Waals surface area contributed by atoms with Crippen LogP contribution in [0, 0.1) is 0 Å². The van der Waals surface area contributed by atoms with Gasteiger partial charge in [-0.25, -0.2) is 15.0 Å². The van der Waals surface area contributed by atoms with E-state index >= 15 is 0 Å². The highest BCUT2D eigenvalue weighted by molar-refractivity contribution is 7.92. The highest BCUT2D eigenvalue weighted by Crippen LogP contribution is 2.42. The number of benzene rings is 2. The first-order chi connectivity index (χ1) is 20.2. The Morgan fingerprint density at radius 1 is 1.00 bits per heavy atom. The number of sulfonamides is 1. The van der Waals surface area contributed by atoms with Crippen molar-refractivity contribution >= 4 is 38.4 Å². The third kappa shape index (κ3) is 7.01. The molecule has 0 aliphatic rings. The van der Waals surface area contributed by atoms with Gasteiger partial charge >= 0.3 is 0 Å². The van der Waals surface area contributed by atoms with E-state index in [1.165, 1.54) is 20.4 Å². The number of para-hydroxylation sites is 2. The zero-order valence-electron chi connectivity index (χ0n) is 24.4. The molecule has 0 radical (unpaired) electrons. The van der Waals surface area contributed by atoms with Crippen LogP contribution in [0.2, 0.25) is 0 Å². The second-order valence-corrected chi connectivity index (χ2v) is 11.0. The summed E-state index contributed by atoms with van der Waals surface area (Å²) in [4.78, 5) is 15.8. The third-order valence-electron chi connectivity index (χ3n) is 6.57. The summed E-state index contributed by atoms with van der Waals surface area (Å²) in [5.74, 6) is 1.89. The SMILES string of the molecule is CCN(CC)Cc1nc(S(=O)(=O)Nc2nc3ccccc3nc2Nc2cc(OC)cc(OC)c2OCCCO)cn1C. The van der Waals surface area contributed by atoms with Crippen LogP contribution >= 0.6 is 0 Å². The largest absolute Gasteiger partial charge is 0.497 e. The average molecular weight is 600 g/mol. The van der Waals surface area contributed by atoms with Crippen molar-refractivity contribution in [3.8, 4) is 17.2 Å². The maximum Gasteiger partial charge on any atom is 0.282 e. The Morgan fingerprint density at radius 2 is 1.69 bits per heavy atom. The number of rotatable bonds is 15. The Labute approximate surface area is 245 Å². The molecule has 2 aromatic carbocycles. The van der Waals surface area contributed by atoms with E-state index in [2.05, 4.69) is 29.9 Å². The lowest BCUT2D eigenvalue weighted by Gasteiger charge is -2.19. The highest BCUT2D eigenvalue weighted by atomic mass is 32.2. The first kappa shape index (κ1) is 30.8.